The molecule has 0 atom stereocenters. The highest BCUT2D eigenvalue weighted by atomic mass is 16.5. The Labute approximate surface area is 105 Å². The van der Waals surface area contributed by atoms with Crippen LogP contribution in [0.25, 0.3) is 0 Å². The number of hydrogen-bond donors (Lipinski definition) is 0. The molecular formula is C15H11NO2. The summed E-state index contributed by atoms with van der Waals surface area (Å²) in [6, 6.07) is 14.9. The van der Waals surface area contributed by atoms with E-state index in [0.29, 0.717) is 11.5 Å². The molecule has 0 spiro atoms. The second kappa shape index (κ2) is 4.04. The number of rotatable bonds is 1. The normalized spacial score (nSPS) is 12.1. The predicted octanol–water partition coefficient (Wildman–Crippen LogP) is 3.64. The molecule has 1 amide bonds. The summed E-state index contributed by atoms with van der Waals surface area (Å²) in [6.07, 6.45) is 1.30. The third kappa shape index (κ3) is 1.49. The zero-order chi connectivity index (χ0) is 12.5. The average Bonchev–Trinajstić information content (AvgIpc) is 2.44. The van der Waals surface area contributed by atoms with Crippen LogP contribution in [0.5, 0.6) is 11.5 Å². The number of anilines is 2. The Morgan fingerprint density at radius 1 is 1.00 bits per heavy atom. The van der Waals surface area contributed by atoms with E-state index in [1.165, 1.54) is 6.08 Å². The Morgan fingerprint density at radius 3 is 2.00 bits per heavy atom. The quantitative estimate of drug-likeness (QED) is 0.708. The highest BCUT2D eigenvalue weighted by Gasteiger charge is 2.26. The van der Waals surface area contributed by atoms with Crippen LogP contribution < -0.4 is 9.64 Å². The van der Waals surface area contributed by atoms with Gasteiger partial charge in [0.05, 0.1) is 11.4 Å². The zero-order valence-corrected chi connectivity index (χ0v) is 9.67. The van der Waals surface area contributed by atoms with Crippen LogP contribution in [0.3, 0.4) is 0 Å². The van der Waals surface area contributed by atoms with Gasteiger partial charge in [0.1, 0.15) is 0 Å². The van der Waals surface area contributed by atoms with E-state index in [2.05, 4.69) is 6.58 Å². The number of hydrogen-bond acceptors (Lipinski definition) is 2. The summed E-state index contributed by atoms with van der Waals surface area (Å²) in [7, 11) is 0. The first-order chi connectivity index (χ1) is 8.81. The van der Waals surface area contributed by atoms with Crippen LogP contribution in [0.4, 0.5) is 11.4 Å². The molecule has 3 rings (SSSR count). The van der Waals surface area contributed by atoms with Crippen molar-refractivity contribution in [3.05, 3.63) is 61.2 Å². The van der Waals surface area contributed by atoms with Crippen molar-refractivity contribution in [1.82, 2.24) is 0 Å². The summed E-state index contributed by atoms with van der Waals surface area (Å²) in [5.74, 6) is 1.18. The van der Waals surface area contributed by atoms with Gasteiger partial charge in [0.15, 0.2) is 11.5 Å². The Bertz CT molecular complexity index is 588. The second-order valence-electron chi connectivity index (χ2n) is 3.92. The molecule has 2 aromatic carbocycles. The minimum atomic E-state index is -0.168. The van der Waals surface area contributed by atoms with Gasteiger partial charge in [-0.25, -0.2) is 0 Å². The lowest BCUT2D eigenvalue weighted by molar-refractivity contribution is -0.113. The van der Waals surface area contributed by atoms with E-state index >= 15 is 0 Å². The second-order valence-corrected chi connectivity index (χ2v) is 3.92. The fourth-order valence-corrected chi connectivity index (χ4v) is 2.03. The standard InChI is InChI=1S/C15H11NO2/c1-2-15(17)16-11-7-3-5-9-13(11)18-14-10-6-4-8-12(14)16/h2-10H,1H2. The molecule has 0 saturated heterocycles. The Hall–Kier alpha value is -2.55. The van der Waals surface area contributed by atoms with E-state index in [9.17, 15) is 4.79 Å². The first kappa shape index (κ1) is 10.6. The van der Waals surface area contributed by atoms with E-state index in [0.717, 1.165) is 11.4 Å². The van der Waals surface area contributed by atoms with Crippen LogP contribution in [0, 0.1) is 0 Å². The van der Waals surface area contributed by atoms with Crippen LogP contribution >= 0.6 is 0 Å². The van der Waals surface area contributed by atoms with Gasteiger partial charge in [-0.15, -0.1) is 0 Å². The molecule has 2 aromatic rings. The number of nitrogens with zero attached hydrogens (tertiary/aromatic N) is 1. The minimum Gasteiger partial charge on any atom is -0.453 e. The summed E-state index contributed by atoms with van der Waals surface area (Å²) in [5.41, 5.74) is 1.47. The molecule has 1 aliphatic heterocycles. The van der Waals surface area contributed by atoms with Crippen molar-refractivity contribution >= 4 is 17.3 Å². The number of benzene rings is 2. The van der Waals surface area contributed by atoms with Crippen molar-refractivity contribution < 1.29 is 9.53 Å². The smallest absolute Gasteiger partial charge is 0.255 e. The number of carbonyl (C=O) groups excluding carboxylic acids is 1. The van der Waals surface area contributed by atoms with E-state index in [-0.39, 0.29) is 5.91 Å². The fraction of sp³-hybridized carbons (Fsp3) is 0. The van der Waals surface area contributed by atoms with Crippen LogP contribution in [0.1, 0.15) is 0 Å². The average molecular weight is 237 g/mol. The molecule has 1 heterocycles. The lowest BCUT2D eigenvalue weighted by Gasteiger charge is -2.30. The summed E-state index contributed by atoms with van der Waals surface area (Å²) in [6.45, 7) is 3.55. The van der Waals surface area contributed by atoms with Crippen molar-refractivity contribution in [2.24, 2.45) is 0 Å². The molecule has 88 valence electrons. The maximum absolute atomic E-state index is 12.0. The molecule has 0 saturated carbocycles. The highest BCUT2D eigenvalue weighted by molar-refractivity contribution is 6.09. The van der Waals surface area contributed by atoms with E-state index in [4.69, 9.17) is 4.74 Å². The molecule has 0 N–H and O–H groups in total. The maximum atomic E-state index is 12.0. The molecule has 0 unspecified atom stereocenters. The van der Waals surface area contributed by atoms with Gasteiger partial charge in [0, 0.05) is 0 Å². The van der Waals surface area contributed by atoms with Gasteiger partial charge in [-0.2, -0.15) is 0 Å². The maximum Gasteiger partial charge on any atom is 0.255 e. The van der Waals surface area contributed by atoms with Crippen LogP contribution in [0.15, 0.2) is 61.2 Å². The molecule has 0 bridgehead atoms. The third-order valence-electron chi connectivity index (χ3n) is 2.83. The van der Waals surface area contributed by atoms with Gasteiger partial charge in [-0.05, 0) is 30.3 Å². The van der Waals surface area contributed by atoms with Crippen molar-refractivity contribution in [3.8, 4) is 11.5 Å². The lowest BCUT2D eigenvalue weighted by atomic mass is 10.1. The first-order valence-corrected chi connectivity index (χ1v) is 5.63. The van der Waals surface area contributed by atoms with Crippen molar-refractivity contribution in [1.29, 1.82) is 0 Å². The van der Waals surface area contributed by atoms with Gasteiger partial charge in [-0.1, -0.05) is 30.8 Å². The van der Waals surface area contributed by atoms with Gasteiger partial charge in [0.2, 0.25) is 0 Å². The molecule has 0 radical (unpaired) electrons. The molecule has 1 aliphatic rings. The Balaban J connectivity index is 2.23. The molecule has 0 aliphatic carbocycles. The SMILES string of the molecule is C=CC(=O)N1c2ccccc2Oc2ccccc21. The van der Waals surface area contributed by atoms with Gasteiger partial charge < -0.3 is 4.74 Å². The summed E-state index contributed by atoms with van der Waals surface area (Å²) < 4.78 is 5.77. The van der Waals surface area contributed by atoms with Crippen molar-refractivity contribution in [2.45, 2.75) is 0 Å². The van der Waals surface area contributed by atoms with Crippen molar-refractivity contribution in [3.63, 3.8) is 0 Å². The largest absolute Gasteiger partial charge is 0.453 e. The Kier molecular flexibility index (Phi) is 2.38. The number of carbonyl (C=O) groups is 1. The minimum absolute atomic E-state index is 0.168. The number of para-hydroxylation sites is 4. The topological polar surface area (TPSA) is 29.5 Å². The molecule has 0 fully saturated rings. The Morgan fingerprint density at radius 2 is 1.50 bits per heavy atom. The highest BCUT2D eigenvalue weighted by Crippen LogP contribution is 2.46. The lowest BCUT2D eigenvalue weighted by Crippen LogP contribution is -2.26. The fourth-order valence-electron chi connectivity index (χ4n) is 2.03. The summed E-state index contributed by atoms with van der Waals surface area (Å²) >= 11 is 0. The molecule has 0 aromatic heterocycles. The first-order valence-electron chi connectivity index (χ1n) is 5.63. The molecule has 3 heteroatoms. The van der Waals surface area contributed by atoms with Crippen molar-refractivity contribution in [2.75, 3.05) is 4.90 Å². The van der Waals surface area contributed by atoms with Crippen LogP contribution in [0.2, 0.25) is 0 Å². The molecular weight excluding hydrogens is 226 g/mol. The van der Waals surface area contributed by atoms with Gasteiger partial charge in [0.25, 0.3) is 5.91 Å². The van der Waals surface area contributed by atoms with Gasteiger partial charge >= 0.3 is 0 Å². The zero-order valence-electron chi connectivity index (χ0n) is 9.67. The number of ether oxygens (including phenoxy) is 1. The van der Waals surface area contributed by atoms with E-state index in [1.54, 1.807) is 4.90 Å². The number of amides is 1. The molecule has 3 nitrogen and oxygen atoms in total. The third-order valence-corrected chi connectivity index (χ3v) is 2.83. The van der Waals surface area contributed by atoms with E-state index < -0.39 is 0 Å². The summed E-state index contributed by atoms with van der Waals surface area (Å²) in [5, 5.41) is 0. The van der Waals surface area contributed by atoms with Crippen LogP contribution in [-0.4, -0.2) is 5.91 Å². The predicted molar refractivity (Wildman–Crippen MR) is 70.3 cm³/mol. The molecule has 18 heavy (non-hydrogen) atoms. The summed E-state index contributed by atoms with van der Waals surface area (Å²) in [4.78, 5) is 13.7. The number of fused-ring (bicyclic) bond motifs is 2. The van der Waals surface area contributed by atoms with E-state index in [1.807, 2.05) is 48.5 Å². The monoisotopic (exact) mass is 237 g/mol. The van der Waals surface area contributed by atoms with Gasteiger partial charge in [-0.3, -0.25) is 9.69 Å². The van der Waals surface area contributed by atoms with Crippen LogP contribution in [-0.2, 0) is 4.79 Å².